The SMILES string of the molecule is CCC(CC)(C(=O)N1CCC(C(C)N)CC1)c1ccccc1. The van der Waals surface area contributed by atoms with Crippen molar-refractivity contribution >= 4 is 5.91 Å². The quantitative estimate of drug-likeness (QED) is 0.907. The fourth-order valence-corrected chi connectivity index (χ4v) is 3.77. The van der Waals surface area contributed by atoms with Crippen LogP contribution in [0.3, 0.4) is 0 Å². The first-order valence-electron chi connectivity index (χ1n) is 8.65. The molecule has 1 unspecified atom stereocenters. The summed E-state index contributed by atoms with van der Waals surface area (Å²) in [6.45, 7) is 8.03. The smallest absolute Gasteiger partial charge is 0.233 e. The molecule has 0 radical (unpaired) electrons. The Labute approximate surface area is 134 Å². The molecule has 2 rings (SSSR count). The van der Waals surface area contributed by atoms with Gasteiger partial charge >= 0.3 is 0 Å². The number of nitrogens with zero attached hydrogens (tertiary/aromatic N) is 1. The zero-order chi connectivity index (χ0) is 16.2. The normalized spacial score (nSPS) is 18.3. The van der Waals surface area contributed by atoms with Crippen molar-refractivity contribution in [1.29, 1.82) is 0 Å². The van der Waals surface area contributed by atoms with Gasteiger partial charge in [-0.15, -0.1) is 0 Å². The van der Waals surface area contributed by atoms with Crippen molar-refractivity contribution in [2.45, 2.75) is 57.9 Å². The van der Waals surface area contributed by atoms with Crippen LogP contribution >= 0.6 is 0 Å². The Kier molecular flexibility index (Phi) is 5.63. The van der Waals surface area contributed by atoms with E-state index in [0.29, 0.717) is 11.8 Å². The van der Waals surface area contributed by atoms with E-state index in [0.717, 1.165) is 44.3 Å². The second-order valence-corrected chi connectivity index (χ2v) is 6.64. The number of hydrogen-bond acceptors (Lipinski definition) is 2. The van der Waals surface area contributed by atoms with Crippen LogP contribution in [0, 0.1) is 5.92 Å². The highest BCUT2D eigenvalue weighted by Gasteiger charge is 2.40. The number of amides is 1. The van der Waals surface area contributed by atoms with Crippen LogP contribution in [-0.4, -0.2) is 29.9 Å². The van der Waals surface area contributed by atoms with Crippen molar-refractivity contribution in [3.05, 3.63) is 35.9 Å². The zero-order valence-corrected chi connectivity index (χ0v) is 14.2. The van der Waals surface area contributed by atoms with Gasteiger partial charge in [0.05, 0.1) is 5.41 Å². The van der Waals surface area contributed by atoms with Crippen molar-refractivity contribution in [3.63, 3.8) is 0 Å². The maximum absolute atomic E-state index is 13.3. The average Bonchev–Trinajstić information content (AvgIpc) is 2.57. The first-order chi connectivity index (χ1) is 10.5. The first-order valence-corrected chi connectivity index (χ1v) is 8.65. The van der Waals surface area contributed by atoms with E-state index in [1.54, 1.807) is 0 Å². The molecule has 0 bridgehead atoms. The molecule has 22 heavy (non-hydrogen) atoms. The summed E-state index contributed by atoms with van der Waals surface area (Å²) in [6, 6.07) is 10.5. The number of piperidine rings is 1. The molecule has 1 aromatic rings. The van der Waals surface area contributed by atoms with Crippen molar-refractivity contribution in [2.24, 2.45) is 11.7 Å². The summed E-state index contributed by atoms with van der Waals surface area (Å²) in [5.41, 5.74) is 6.79. The topological polar surface area (TPSA) is 46.3 Å². The predicted octanol–water partition coefficient (Wildman–Crippen LogP) is 3.33. The number of hydrogen-bond donors (Lipinski definition) is 1. The van der Waals surface area contributed by atoms with Gasteiger partial charge in [-0.1, -0.05) is 44.2 Å². The molecule has 0 aromatic heterocycles. The third kappa shape index (κ3) is 3.19. The van der Waals surface area contributed by atoms with Crippen LogP contribution in [0.2, 0.25) is 0 Å². The molecule has 1 aromatic carbocycles. The third-order valence-electron chi connectivity index (χ3n) is 5.51. The number of benzene rings is 1. The standard InChI is InChI=1S/C19H30N2O/c1-4-19(5-2,17-9-7-6-8-10-17)18(22)21-13-11-16(12-14-21)15(3)20/h6-10,15-16H,4-5,11-14,20H2,1-3H3. The second kappa shape index (κ2) is 7.28. The number of carbonyl (C=O) groups is 1. The van der Waals surface area contributed by atoms with Gasteiger partial charge in [-0.3, -0.25) is 4.79 Å². The maximum atomic E-state index is 13.3. The van der Waals surface area contributed by atoms with Crippen LogP contribution in [-0.2, 0) is 10.2 Å². The Bertz CT molecular complexity index is 471. The third-order valence-corrected chi connectivity index (χ3v) is 5.51. The van der Waals surface area contributed by atoms with Gasteiger partial charge in [0.2, 0.25) is 5.91 Å². The summed E-state index contributed by atoms with van der Waals surface area (Å²) < 4.78 is 0. The van der Waals surface area contributed by atoms with Crippen molar-refractivity contribution in [3.8, 4) is 0 Å². The van der Waals surface area contributed by atoms with E-state index < -0.39 is 0 Å². The molecule has 0 spiro atoms. The summed E-state index contributed by atoms with van der Waals surface area (Å²) in [4.78, 5) is 15.3. The molecule has 1 heterocycles. The van der Waals surface area contributed by atoms with Crippen LogP contribution in [0.5, 0.6) is 0 Å². The van der Waals surface area contributed by atoms with Crippen molar-refractivity contribution in [1.82, 2.24) is 4.90 Å². The lowest BCUT2D eigenvalue weighted by Gasteiger charge is -2.40. The highest BCUT2D eigenvalue weighted by atomic mass is 16.2. The largest absolute Gasteiger partial charge is 0.342 e. The van der Waals surface area contributed by atoms with E-state index in [4.69, 9.17) is 5.73 Å². The summed E-state index contributed by atoms with van der Waals surface area (Å²) in [7, 11) is 0. The molecule has 1 aliphatic heterocycles. The van der Waals surface area contributed by atoms with Crippen LogP contribution in [0.15, 0.2) is 30.3 Å². The van der Waals surface area contributed by atoms with Gasteiger partial charge in [0.15, 0.2) is 0 Å². The summed E-state index contributed by atoms with van der Waals surface area (Å²) >= 11 is 0. The molecule has 1 saturated heterocycles. The molecule has 0 aliphatic carbocycles. The number of rotatable bonds is 5. The van der Waals surface area contributed by atoms with Crippen LogP contribution < -0.4 is 5.73 Å². The van der Waals surface area contributed by atoms with E-state index in [2.05, 4.69) is 37.8 Å². The van der Waals surface area contributed by atoms with Crippen LogP contribution in [0.1, 0.15) is 52.0 Å². The lowest BCUT2D eigenvalue weighted by molar-refractivity contribution is -0.139. The molecular weight excluding hydrogens is 272 g/mol. The van der Waals surface area contributed by atoms with Crippen LogP contribution in [0.4, 0.5) is 0 Å². The zero-order valence-electron chi connectivity index (χ0n) is 14.2. The Morgan fingerprint density at radius 1 is 1.23 bits per heavy atom. The molecule has 3 heteroatoms. The number of carbonyl (C=O) groups excluding carboxylic acids is 1. The second-order valence-electron chi connectivity index (χ2n) is 6.64. The van der Waals surface area contributed by atoms with Gasteiger partial charge in [0.25, 0.3) is 0 Å². The molecule has 2 N–H and O–H groups in total. The van der Waals surface area contributed by atoms with E-state index >= 15 is 0 Å². The fraction of sp³-hybridized carbons (Fsp3) is 0.632. The summed E-state index contributed by atoms with van der Waals surface area (Å²) in [6.07, 6.45) is 3.75. The van der Waals surface area contributed by atoms with E-state index in [-0.39, 0.29) is 11.5 Å². The van der Waals surface area contributed by atoms with E-state index in [1.807, 2.05) is 18.2 Å². The average molecular weight is 302 g/mol. The van der Waals surface area contributed by atoms with E-state index in [1.165, 1.54) is 0 Å². The maximum Gasteiger partial charge on any atom is 0.233 e. The van der Waals surface area contributed by atoms with Gasteiger partial charge in [0.1, 0.15) is 0 Å². The molecule has 1 amide bonds. The van der Waals surface area contributed by atoms with Gasteiger partial charge in [0, 0.05) is 19.1 Å². The van der Waals surface area contributed by atoms with E-state index in [9.17, 15) is 4.79 Å². The monoisotopic (exact) mass is 302 g/mol. The van der Waals surface area contributed by atoms with Gasteiger partial charge in [-0.2, -0.15) is 0 Å². The lowest BCUT2D eigenvalue weighted by atomic mass is 9.74. The molecule has 1 fully saturated rings. The molecule has 122 valence electrons. The van der Waals surface area contributed by atoms with Crippen molar-refractivity contribution in [2.75, 3.05) is 13.1 Å². The highest BCUT2D eigenvalue weighted by Crippen LogP contribution is 2.35. The Hall–Kier alpha value is -1.35. The Morgan fingerprint density at radius 3 is 2.23 bits per heavy atom. The molecular formula is C19H30N2O. The predicted molar refractivity (Wildman–Crippen MR) is 91.7 cm³/mol. The van der Waals surface area contributed by atoms with Crippen LogP contribution in [0.25, 0.3) is 0 Å². The first kappa shape index (κ1) is 17.0. The fourth-order valence-electron chi connectivity index (χ4n) is 3.77. The minimum absolute atomic E-state index is 0.230. The Morgan fingerprint density at radius 2 is 1.77 bits per heavy atom. The van der Waals surface area contributed by atoms with Crippen molar-refractivity contribution < 1.29 is 4.79 Å². The number of nitrogens with two attached hydrogens (primary N) is 1. The highest BCUT2D eigenvalue weighted by molar-refractivity contribution is 5.88. The van der Waals surface area contributed by atoms with Gasteiger partial charge < -0.3 is 10.6 Å². The molecule has 3 nitrogen and oxygen atoms in total. The summed E-state index contributed by atoms with van der Waals surface area (Å²) in [5, 5.41) is 0. The molecule has 0 saturated carbocycles. The molecule has 1 aliphatic rings. The minimum Gasteiger partial charge on any atom is -0.342 e. The Balaban J connectivity index is 2.18. The number of likely N-dealkylation sites (tertiary alicyclic amines) is 1. The molecule has 1 atom stereocenters. The van der Waals surface area contributed by atoms with Gasteiger partial charge in [-0.05, 0) is 44.1 Å². The minimum atomic E-state index is -0.373. The summed E-state index contributed by atoms with van der Waals surface area (Å²) in [5.74, 6) is 0.852. The van der Waals surface area contributed by atoms with Gasteiger partial charge in [-0.25, -0.2) is 0 Å². The lowest BCUT2D eigenvalue weighted by Crippen LogP contribution is -2.50.